The molecule has 0 aliphatic carbocycles. The van der Waals surface area contributed by atoms with Crippen LogP contribution in [0.5, 0.6) is 0 Å². The van der Waals surface area contributed by atoms with Gasteiger partial charge in [-0.05, 0) is 43.2 Å². The summed E-state index contributed by atoms with van der Waals surface area (Å²) in [6, 6.07) is 4.49. The van der Waals surface area contributed by atoms with Crippen LogP contribution in [-0.4, -0.2) is 5.91 Å². The van der Waals surface area contributed by atoms with Crippen LogP contribution in [0.25, 0.3) is 0 Å². The van der Waals surface area contributed by atoms with Crippen LogP contribution in [0.1, 0.15) is 18.1 Å². The van der Waals surface area contributed by atoms with Gasteiger partial charge in [0.15, 0.2) is 0 Å². The third kappa shape index (κ3) is 4.72. The fourth-order valence-corrected chi connectivity index (χ4v) is 1.50. The summed E-state index contributed by atoms with van der Waals surface area (Å²) in [6.07, 6.45) is 3.13. The predicted molar refractivity (Wildman–Crippen MR) is 79.2 cm³/mol. The number of hydrogen-bond donors (Lipinski definition) is 2. The van der Waals surface area contributed by atoms with Crippen molar-refractivity contribution < 1.29 is 9.18 Å². The molecule has 0 saturated carbocycles. The minimum absolute atomic E-state index is 0.196. The van der Waals surface area contributed by atoms with E-state index in [0.29, 0.717) is 17.8 Å². The van der Waals surface area contributed by atoms with Crippen molar-refractivity contribution in [1.82, 2.24) is 10.6 Å². The molecule has 1 amide bonds. The smallest absolute Gasteiger partial charge is 0.248 e. The average molecular weight is 274 g/mol. The van der Waals surface area contributed by atoms with Crippen molar-refractivity contribution in [3.8, 4) is 0 Å². The first-order valence-corrected chi connectivity index (χ1v) is 6.22. The first-order chi connectivity index (χ1) is 9.43. The van der Waals surface area contributed by atoms with Crippen molar-refractivity contribution in [2.24, 2.45) is 0 Å². The van der Waals surface area contributed by atoms with E-state index in [2.05, 4.69) is 23.8 Å². The van der Waals surface area contributed by atoms with Gasteiger partial charge in [0.05, 0.1) is 0 Å². The van der Waals surface area contributed by atoms with Crippen molar-refractivity contribution in [2.75, 3.05) is 0 Å². The van der Waals surface area contributed by atoms with Gasteiger partial charge in [-0.25, -0.2) is 4.39 Å². The van der Waals surface area contributed by atoms with Crippen LogP contribution in [0.3, 0.4) is 0 Å². The molecule has 106 valence electrons. The fourth-order valence-electron chi connectivity index (χ4n) is 1.50. The van der Waals surface area contributed by atoms with Gasteiger partial charge in [-0.2, -0.15) is 0 Å². The lowest BCUT2D eigenvalue weighted by Crippen LogP contribution is -2.24. The fraction of sp³-hybridized carbons (Fsp3) is 0.188. The number of carbonyl (C=O) groups is 1. The summed E-state index contributed by atoms with van der Waals surface area (Å²) in [5.41, 5.74) is 2.83. The number of aryl methyl sites for hydroxylation is 1. The largest absolute Gasteiger partial charge is 0.362 e. The van der Waals surface area contributed by atoms with E-state index in [-0.39, 0.29) is 11.7 Å². The predicted octanol–water partition coefficient (Wildman–Crippen LogP) is 2.94. The summed E-state index contributed by atoms with van der Waals surface area (Å²) in [7, 11) is 0. The minimum Gasteiger partial charge on any atom is -0.362 e. The molecule has 1 rings (SSSR count). The highest BCUT2D eigenvalue weighted by atomic mass is 19.1. The van der Waals surface area contributed by atoms with Crippen molar-refractivity contribution >= 4 is 5.91 Å². The third-order valence-electron chi connectivity index (χ3n) is 2.82. The Bertz CT molecular complexity index is 562. The Morgan fingerprint density at radius 2 is 2.15 bits per heavy atom. The molecular formula is C16H19FN2O. The third-order valence-corrected chi connectivity index (χ3v) is 2.82. The molecule has 0 aliphatic rings. The summed E-state index contributed by atoms with van der Waals surface area (Å²) in [5, 5.41) is 5.62. The Kier molecular flexibility index (Phi) is 5.72. The van der Waals surface area contributed by atoms with Crippen molar-refractivity contribution in [3.05, 3.63) is 71.8 Å². The lowest BCUT2D eigenvalue weighted by Gasteiger charge is -2.09. The number of hydrogen-bond acceptors (Lipinski definition) is 2. The Hall–Kier alpha value is -2.36. The topological polar surface area (TPSA) is 41.1 Å². The van der Waals surface area contributed by atoms with E-state index in [4.69, 9.17) is 0 Å². The molecule has 4 heteroatoms. The van der Waals surface area contributed by atoms with E-state index < -0.39 is 0 Å². The van der Waals surface area contributed by atoms with Gasteiger partial charge >= 0.3 is 0 Å². The number of nitrogens with one attached hydrogen (secondary N) is 2. The number of amides is 1. The second-order valence-corrected chi connectivity index (χ2v) is 4.45. The average Bonchev–Trinajstić information content (AvgIpc) is 2.42. The highest BCUT2D eigenvalue weighted by Gasteiger charge is 2.05. The highest BCUT2D eigenvalue weighted by Crippen LogP contribution is 2.09. The van der Waals surface area contributed by atoms with Crippen LogP contribution in [0.2, 0.25) is 0 Å². The molecule has 0 spiro atoms. The zero-order valence-electron chi connectivity index (χ0n) is 11.8. The maximum atomic E-state index is 13.0. The Morgan fingerprint density at radius 1 is 1.45 bits per heavy atom. The van der Waals surface area contributed by atoms with Crippen molar-refractivity contribution in [3.63, 3.8) is 0 Å². The normalized spacial score (nSPS) is 10.8. The van der Waals surface area contributed by atoms with E-state index in [1.54, 1.807) is 25.3 Å². The van der Waals surface area contributed by atoms with E-state index in [0.717, 1.165) is 11.1 Å². The molecule has 0 heterocycles. The molecule has 2 N–H and O–H groups in total. The monoisotopic (exact) mass is 274 g/mol. The Balaban J connectivity index is 2.58. The van der Waals surface area contributed by atoms with Crippen molar-refractivity contribution in [1.29, 1.82) is 0 Å². The second kappa shape index (κ2) is 7.28. The minimum atomic E-state index is -0.277. The van der Waals surface area contributed by atoms with Crippen LogP contribution >= 0.6 is 0 Å². The number of carbonyl (C=O) groups excluding carboxylic acids is 1. The first-order valence-electron chi connectivity index (χ1n) is 6.22. The summed E-state index contributed by atoms with van der Waals surface area (Å²) in [6.45, 7) is 11.1. The standard InChI is InChI=1S/C16H19FN2O/c1-5-13(4)18-9-12(3)16(20)19-10-14-6-7-15(17)8-11(14)2/h5-9,18H,1,4,10H2,2-3H3,(H,19,20)/b12-9+. The highest BCUT2D eigenvalue weighted by molar-refractivity contribution is 5.92. The maximum Gasteiger partial charge on any atom is 0.248 e. The quantitative estimate of drug-likeness (QED) is 0.618. The number of allylic oxidation sites excluding steroid dienone is 1. The van der Waals surface area contributed by atoms with Gasteiger partial charge in [0, 0.05) is 24.0 Å². The molecule has 20 heavy (non-hydrogen) atoms. The number of benzene rings is 1. The zero-order chi connectivity index (χ0) is 15.1. The van der Waals surface area contributed by atoms with Gasteiger partial charge in [0.2, 0.25) is 5.91 Å². The summed E-state index contributed by atoms with van der Waals surface area (Å²) in [4.78, 5) is 11.8. The summed E-state index contributed by atoms with van der Waals surface area (Å²) >= 11 is 0. The van der Waals surface area contributed by atoms with Gasteiger partial charge in [-0.3, -0.25) is 4.79 Å². The van der Waals surface area contributed by atoms with Gasteiger partial charge in [0.25, 0.3) is 0 Å². The van der Waals surface area contributed by atoms with Crippen LogP contribution in [-0.2, 0) is 11.3 Å². The van der Waals surface area contributed by atoms with Crippen LogP contribution in [0.4, 0.5) is 4.39 Å². The Morgan fingerprint density at radius 3 is 2.75 bits per heavy atom. The van der Waals surface area contributed by atoms with E-state index in [9.17, 15) is 9.18 Å². The van der Waals surface area contributed by atoms with Crippen molar-refractivity contribution in [2.45, 2.75) is 20.4 Å². The Labute approximate surface area is 118 Å². The second-order valence-electron chi connectivity index (χ2n) is 4.45. The van der Waals surface area contributed by atoms with Gasteiger partial charge in [-0.1, -0.05) is 19.2 Å². The summed E-state index contributed by atoms with van der Waals surface area (Å²) in [5.74, 6) is -0.473. The lowest BCUT2D eigenvalue weighted by molar-refractivity contribution is -0.117. The van der Waals surface area contributed by atoms with Gasteiger partial charge in [-0.15, -0.1) is 0 Å². The molecule has 0 fully saturated rings. The van der Waals surface area contributed by atoms with E-state index in [1.165, 1.54) is 12.1 Å². The van der Waals surface area contributed by atoms with E-state index >= 15 is 0 Å². The summed E-state index contributed by atoms with van der Waals surface area (Å²) < 4.78 is 13.0. The SMILES string of the molecule is C=CC(=C)N/C=C(\C)C(=O)NCc1ccc(F)cc1C. The van der Waals surface area contributed by atoms with Gasteiger partial charge < -0.3 is 10.6 Å². The maximum absolute atomic E-state index is 13.0. The molecule has 0 aliphatic heterocycles. The number of rotatable bonds is 6. The molecule has 0 aromatic heterocycles. The molecule has 0 saturated heterocycles. The van der Waals surface area contributed by atoms with Crippen LogP contribution < -0.4 is 10.6 Å². The van der Waals surface area contributed by atoms with Gasteiger partial charge in [0.1, 0.15) is 5.82 Å². The molecular weight excluding hydrogens is 255 g/mol. The number of halogens is 1. The molecule has 0 radical (unpaired) electrons. The van der Waals surface area contributed by atoms with E-state index in [1.807, 2.05) is 6.92 Å². The van der Waals surface area contributed by atoms with Crippen LogP contribution in [0.15, 0.2) is 54.9 Å². The first kappa shape index (κ1) is 15.7. The molecule has 1 aromatic carbocycles. The molecule has 0 atom stereocenters. The molecule has 0 bridgehead atoms. The van der Waals surface area contributed by atoms with Crippen LogP contribution in [0, 0.1) is 12.7 Å². The molecule has 0 unspecified atom stereocenters. The lowest BCUT2D eigenvalue weighted by atomic mass is 10.1. The molecule has 3 nitrogen and oxygen atoms in total. The molecule has 1 aromatic rings. The zero-order valence-corrected chi connectivity index (χ0v) is 11.8.